The standard InChI is InChI=1S/C13H19N7/c1-4-15-10-17-11(16-9-7-13(9,2)3)19-12(18-10)20-6-5-14-8-20/h5-6,8-9H,4,7H2,1-3H3,(H2,15,16,17,18,19). The zero-order valence-electron chi connectivity index (χ0n) is 12.0. The molecule has 0 aromatic carbocycles. The van der Waals surface area contributed by atoms with Crippen LogP contribution in [-0.2, 0) is 0 Å². The second-order valence-electron chi connectivity index (χ2n) is 5.67. The fraction of sp³-hybridized carbons (Fsp3) is 0.538. The van der Waals surface area contributed by atoms with Crippen LogP contribution in [0.4, 0.5) is 11.9 Å². The van der Waals surface area contributed by atoms with E-state index in [1.165, 1.54) is 0 Å². The first kappa shape index (κ1) is 12.8. The van der Waals surface area contributed by atoms with Crippen molar-refractivity contribution in [3.63, 3.8) is 0 Å². The number of rotatable bonds is 5. The molecule has 0 spiro atoms. The molecule has 0 bridgehead atoms. The van der Waals surface area contributed by atoms with Gasteiger partial charge in [0.25, 0.3) is 0 Å². The van der Waals surface area contributed by atoms with Crippen LogP contribution in [0.2, 0.25) is 0 Å². The molecule has 0 aliphatic heterocycles. The van der Waals surface area contributed by atoms with Gasteiger partial charge in [-0.3, -0.25) is 4.57 Å². The van der Waals surface area contributed by atoms with Gasteiger partial charge in [-0.2, -0.15) is 15.0 Å². The van der Waals surface area contributed by atoms with E-state index in [0.717, 1.165) is 13.0 Å². The first-order valence-electron chi connectivity index (χ1n) is 6.83. The van der Waals surface area contributed by atoms with Gasteiger partial charge in [0.1, 0.15) is 6.33 Å². The van der Waals surface area contributed by atoms with Crippen LogP contribution in [0, 0.1) is 5.41 Å². The second kappa shape index (κ2) is 4.73. The molecule has 2 aromatic rings. The highest BCUT2D eigenvalue weighted by Gasteiger charge is 2.46. The topological polar surface area (TPSA) is 80.5 Å². The predicted molar refractivity (Wildman–Crippen MR) is 76.9 cm³/mol. The molecule has 1 atom stereocenters. The van der Waals surface area contributed by atoms with E-state index in [-0.39, 0.29) is 0 Å². The minimum absolute atomic E-state index is 0.320. The van der Waals surface area contributed by atoms with E-state index in [0.29, 0.717) is 29.3 Å². The van der Waals surface area contributed by atoms with Crippen molar-refractivity contribution in [1.29, 1.82) is 0 Å². The predicted octanol–water partition coefficient (Wildman–Crippen LogP) is 1.70. The van der Waals surface area contributed by atoms with Gasteiger partial charge in [-0.15, -0.1) is 0 Å². The third-order valence-electron chi connectivity index (χ3n) is 3.51. The zero-order chi connectivity index (χ0) is 14.2. The number of aromatic nitrogens is 5. The molecular weight excluding hydrogens is 254 g/mol. The quantitative estimate of drug-likeness (QED) is 0.863. The van der Waals surface area contributed by atoms with Crippen molar-refractivity contribution in [3.05, 3.63) is 18.7 Å². The Morgan fingerprint density at radius 2 is 2.05 bits per heavy atom. The van der Waals surface area contributed by atoms with Gasteiger partial charge in [0.15, 0.2) is 0 Å². The van der Waals surface area contributed by atoms with Crippen molar-refractivity contribution >= 4 is 11.9 Å². The lowest BCUT2D eigenvalue weighted by Crippen LogP contribution is -2.15. The molecule has 1 unspecified atom stereocenters. The number of hydrogen-bond acceptors (Lipinski definition) is 6. The third-order valence-corrected chi connectivity index (χ3v) is 3.51. The van der Waals surface area contributed by atoms with Crippen molar-refractivity contribution in [3.8, 4) is 5.95 Å². The van der Waals surface area contributed by atoms with Crippen molar-refractivity contribution in [2.24, 2.45) is 5.41 Å². The largest absolute Gasteiger partial charge is 0.354 e. The summed E-state index contributed by atoms with van der Waals surface area (Å²) in [6.45, 7) is 7.24. The second-order valence-corrected chi connectivity index (χ2v) is 5.67. The van der Waals surface area contributed by atoms with Crippen LogP contribution in [0.3, 0.4) is 0 Å². The molecule has 20 heavy (non-hydrogen) atoms. The minimum Gasteiger partial charge on any atom is -0.354 e. The molecule has 7 nitrogen and oxygen atoms in total. The van der Waals surface area contributed by atoms with Gasteiger partial charge in [0.2, 0.25) is 17.8 Å². The molecule has 0 saturated heterocycles. The maximum Gasteiger partial charge on any atom is 0.241 e. The van der Waals surface area contributed by atoms with E-state index in [1.807, 2.05) is 13.1 Å². The van der Waals surface area contributed by atoms with Crippen LogP contribution < -0.4 is 10.6 Å². The molecule has 106 valence electrons. The lowest BCUT2D eigenvalue weighted by Gasteiger charge is -2.10. The van der Waals surface area contributed by atoms with Crippen LogP contribution in [0.25, 0.3) is 5.95 Å². The molecule has 3 rings (SSSR count). The summed E-state index contributed by atoms with van der Waals surface area (Å²) < 4.78 is 1.77. The van der Waals surface area contributed by atoms with Gasteiger partial charge in [-0.25, -0.2) is 4.98 Å². The van der Waals surface area contributed by atoms with E-state index >= 15 is 0 Å². The molecule has 0 radical (unpaired) electrons. The van der Waals surface area contributed by atoms with Crippen LogP contribution in [0.5, 0.6) is 0 Å². The molecule has 2 N–H and O–H groups in total. The lowest BCUT2D eigenvalue weighted by molar-refractivity contribution is 0.628. The number of nitrogens with one attached hydrogen (secondary N) is 2. The van der Waals surface area contributed by atoms with Crippen LogP contribution in [0.1, 0.15) is 27.2 Å². The van der Waals surface area contributed by atoms with Gasteiger partial charge in [0.05, 0.1) is 0 Å². The lowest BCUT2D eigenvalue weighted by atomic mass is 10.2. The molecule has 1 aliphatic rings. The summed E-state index contributed by atoms with van der Waals surface area (Å²) in [5, 5.41) is 6.50. The van der Waals surface area contributed by atoms with Crippen molar-refractivity contribution < 1.29 is 0 Å². The molecule has 1 fully saturated rings. The smallest absolute Gasteiger partial charge is 0.241 e. The first-order chi connectivity index (χ1) is 9.58. The normalized spacial score (nSPS) is 19.6. The molecule has 7 heteroatoms. The van der Waals surface area contributed by atoms with Crippen LogP contribution in [-0.4, -0.2) is 37.1 Å². The Labute approximate surface area is 117 Å². The number of imidazole rings is 1. The van der Waals surface area contributed by atoms with Gasteiger partial charge in [-0.05, 0) is 18.8 Å². The Balaban J connectivity index is 1.89. The highest BCUT2D eigenvalue weighted by atomic mass is 15.3. The summed E-state index contributed by atoms with van der Waals surface area (Å²) in [4.78, 5) is 17.3. The third kappa shape index (κ3) is 2.56. The van der Waals surface area contributed by atoms with Crippen LogP contribution in [0.15, 0.2) is 18.7 Å². The highest BCUT2D eigenvalue weighted by Crippen LogP contribution is 2.46. The number of nitrogens with zero attached hydrogens (tertiary/aromatic N) is 5. The molecule has 1 saturated carbocycles. The number of anilines is 2. The number of hydrogen-bond donors (Lipinski definition) is 2. The van der Waals surface area contributed by atoms with Crippen molar-refractivity contribution in [1.82, 2.24) is 24.5 Å². The van der Waals surface area contributed by atoms with Crippen molar-refractivity contribution in [2.75, 3.05) is 17.2 Å². The summed E-state index contributed by atoms with van der Waals surface area (Å²) >= 11 is 0. The van der Waals surface area contributed by atoms with E-state index in [2.05, 4.69) is 44.4 Å². The molecule has 1 aliphatic carbocycles. The minimum atomic E-state index is 0.320. The maximum absolute atomic E-state index is 4.45. The summed E-state index contributed by atoms with van der Waals surface area (Å²) in [5.41, 5.74) is 0.320. The average molecular weight is 273 g/mol. The summed E-state index contributed by atoms with van der Waals surface area (Å²) in [5.74, 6) is 1.75. The van der Waals surface area contributed by atoms with Crippen LogP contribution >= 0.6 is 0 Å². The monoisotopic (exact) mass is 273 g/mol. The Morgan fingerprint density at radius 1 is 1.30 bits per heavy atom. The van der Waals surface area contributed by atoms with E-state index < -0.39 is 0 Å². The summed E-state index contributed by atoms with van der Waals surface area (Å²) in [6.07, 6.45) is 6.33. The van der Waals surface area contributed by atoms with E-state index in [1.54, 1.807) is 17.1 Å². The summed E-state index contributed by atoms with van der Waals surface area (Å²) in [6, 6.07) is 0.426. The molecule has 2 heterocycles. The van der Waals surface area contributed by atoms with Gasteiger partial charge < -0.3 is 10.6 Å². The van der Waals surface area contributed by atoms with E-state index in [9.17, 15) is 0 Å². The fourth-order valence-corrected chi connectivity index (χ4v) is 2.03. The summed E-state index contributed by atoms with van der Waals surface area (Å²) in [7, 11) is 0. The average Bonchev–Trinajstić information content (AvgIpc) is 2.83. The van der Waals surface area contributed by atoms with Gasteiger partial charge in [-0.1, -0.05) is 13.8 Å². The Kier molecular flexibility index (Phi) is 3.04. The molecule has 0 amide bonds. The Hall–Kier alpha value is -2.18. The van der Waals surface area contributed by atoms with Crippen molar-refractivity contribution in [2.45, 2.75) is 33.2 Å². The Morgan fingerprint density at radius 3 is 2.65 bits per heavy atom. The fourth-order valence-electron chi connectivity index (χ4n) is 2.03. The molecular formula is C13H19N7. The maximum atomic E-state index is 4.45. The zero-order valence-corrected chi connectivity index (χ0v) is 12.0. The van der Waals surface area contributed by atoms with Gasteiger partial charge in [0, 0.05) is 25.0 Å². The van der Waals surface area contributed by atoms with Gasteiger partial charge >= 0.3 is 0 Å². The molecule has 2 aromatic heterocycles. The first-order valence-corrected chi connectivity index (χ1v) is 6.83. The Bertz CT molecular complexity index is 591. The SMILES string of the molecule is CCNc1nc(NC2CC2(C)C)nc(-n2ccnc2)n1. The highest BCUT2D eigenvalue weighted by molar-refractivity contribution is 5.40. The van der Waals surface area contributed by atoms with E-state index in [4.69, 9.17) is 0 Å².